The Balaban J connectivity index is 2.18. The number of hydrogen-bond donors (Lipinski definition) is 1. The van der Waals surface area contributed by atoms with E-state index < -0.39 is 0 Å². The third-order valence-corrected chi connectivity index (χ3v) is 3.48. The lowest BCUT2D eigenvalue weighted by Gasteiger charge is -2.07. The number of carbonyl (C=O) groups is 2. The lowest BCUT2D eigenvalue weighted by atomic mass is 10.0. The SMILES string of the molecule is CC(=O)Nc1ccc(C2C=C(Cl)SC2=O)cc1. The highest BCUT2D eigenvalue weighted by atomic mass is 35.5. The van der Waals surface area contributed by atoms with Gasteiger partial charge in [-0.2, -0.15) is 0 Å². The number of thioether (sulfide) groups is 1. The second-order valence-corrected chi connectivity index (χ2v) is 5.35. The highest BCUT2D eigenvalue weighted by molar-refractivity contribution is 8.18. The van der Waals surface area contributed by atoms with E-state index in [4.69, 9.17) is 11.6 Å². The van der Waals surface area contributed by atoms with Gasteiger partial charge in [-0.25, -0.2) is 0 Å². The van der Waals surface area contributed by atoms with E-state index in [0.717, 1.165) is 23.0 Å². The average molecular weight is 268 g/mol. The molecule has 0 saturated heterocycles. The Morgan fingerprint density at radius 3 is 2.47 bits per heavy atom. The zero-order valence-electron chi connectivity index (χ0n) is 9.07. The Bertz CT molecular complexity index is 496. The van der Waals surface area contributed by atoms with Gasteiger partial charge in [0.1, 0.15) is 0 Å². The largest absolute Gasteiger partial charge is 0.326 e. The number of hydrogen-bond acceptors (Lipinski definition) is 3. The summed E-state index contributed by atoms with van der Waals surface area (Å²) >= 11 is 6.85. The third kappa shape index (κ3) is 2.90. The van der Waals surface area contributed by atoms with Crippen molar-refractivity contribution < 1.29 is 9.59 Å². The molecule has 3 nitrogen and oxygen atoms in total. The lowest BCUT2D eigenvalue weighted by molar-refractivity contribution is -0.114. The molecule has 1 heterocycles. The van der Waals surface area contributed by atoms with Gasteiger partial charge in [0, 0.05) is 12.6 Å². The number of benzene rings is 1. The minimum absolute atomic E-state index is 0.0299. The molecule has 1 aliphatic heterocycles. The van der Waals surface area contributed by atoms with Crippen molar-refractivity contribution in [2.45, 2.75) is 12.8 Å². The minimum Gasteiger partial charge on any atom is -0.326 e. The highest BCUT2D eigenvalue weighted by Crippen LogP contribution is 2.39. The van der Waals surface area contributed by atoms with E-state index in [0.29, 0.717) is 4.36 Å². The number of anilines is 1. The molecule has 1 aromatic rings. The van der Waals surface area contributed by atoms with Crippen LogP contribution in [-0.4, -0.2) is 11.0 Å². The Morgan fingerprint density at radius 1 is 1.35 bits per heavy atom. The van der Waals surface area contributed by atoms with Crippen LogP contribution in [0.5, 0.6) is 0 Å². The van der Waals surface area contributed by atoms with E-state index in [1.807, 2.05) is 12.1 Å². The summed E-state index contributed by atoms with van der Waals surface area (Å²) < 4.78 is 0.519. The van der Waals surface area contributed by atoms with Crippen LogP contribution < -0.4 is 5.32 Å². The maximum Gasteiger partial charge on any atom is 0.221 e. The minimum atomic E-state index is -0.279. The first-order valence-corrected chi connectivity index (χ1v) is 6.22. The van der Waals surface area contributed by atoms with Gasteiger partial charge in [0.25, 0.3) is 0 Å². The third-order valence-electron chi connectivity index (χ3n) is 2.34. The van der Waals surface area contributed by atoms with Crippen LogP contribution in [0.3, 0.4) is 0 Å². The van der Waals surface area contributed by atoms with Gasteiger partial charge in [-0.1, -0.05) is 23.7 Å². The van der Waals surface area contributed by atoms with Crippen molar-refractivity contribution in [1.82, 2.24) is 0 Å². The molecular formula is C12H10ClNO2S. The number of rotatable bonds is 2. The van der Waals surface area contributed by atoms with Crippen molar-refractivity contribution in [3.8, 4) is 0 Å². The maximum absolute atomic E-state index is 11.6. The van der Waals surface area contributed by atoms with Crippen molar-refractivity contribution in [1.29, 1.82) is 0 Å². The van der Waals surface area contributed by atoms with Crippen LogP contribution in [0, 0.1) is 0 Å². The zero-order chi connectivity index (χ0) is 12.4. The van der Waals surface area contributed by atoms with Crippen LogP contribution >= 0.6 is 23.4 Å². The van der Waals surface area contributed by atoms with Gasteiger partial charge < -0.3 is 5.32 Å². The summed E-state index contributed by atoms with van der Waals surface area (Å²) in [5.74, 6) is -0.396. The van der Waals surface area contributed by atoms with Crippen molar-refractivity contribution in [2.24, 2.45) is 0 Å². The Hall–Kier alpha value is -1.26. The summed E-state index contributed by atoms with van der Waals surface area (Å²) in [5.41, 5.74) is 1.60. The van der Waals surface area contributed by atoms with Gasteiger partial charge in [-0.3, -0.25) is 9.59 Å². The number of amides is 1. The molecule has 0 radical (unpaired) electrons. The summed E-state index contributed by atoms with van der Waals surface area (Å²) in [6.45, 7) is 1.45. The number of carbonyl (C=O) groups excluding carboxylic acids is 2. The van der Waals surface area contributed by atoms with Crippen LogP contribution in [-0.2, 0) is 9.59 Å². The molecule has 1 aliphatic rings. The number of halogens is 1. The average Bonchev–Trinajstić information content (AvgIpc) is 2.58. The fraction of sp³-hybridized carbons (Fsp3) is 0.167. The Labute approximate surface area is 108 Å². The molecule has 1 N–H and O–H groups in total. The molecule has 1 atom stereocenters. The molecule has 5 heteroatoms. The topological polar surface area (TPSA) is 46.2 Å². The number of allylic oxidation sites excluding steroid dienone is 1. The molecule has 1 amide bonds. The van der Waals surface area contributed by atoms with Gasteiger partial charge in [0.05, 0.1) is 10.3 Å². The lowest BCUT2D eigenvalue weighted by Crippen LogP contribution is -2.06. The van der Waals surface area contributed by atoms with Crippen molar-refractivity contribution >= 4 is 40.1 Å². The molecular weight excluding hydrogens is 258 g/mol. The van der Waals surface area contributed by atoms with Gasteiger partial charge in [-0.15, -0.1) is 0 Å². The highest BCUT2D eigenvalue weighted by Gasteiger charge is 2.26. The first-order valence-electron chi connectivity index (χ1n) is 5.03. The maximum atomic E-state index is 11.6. The molecule has 1 aromatic carbocycles. The Morgan fingerprint density at radius 2 is 2.00 bits per heavy atom. The summed E-state index contributed by atoms with van der Waals surface area (Å²) in [6, 6.07) is 7.18. The molecule has 0 bridgehead atoms. The van der Waals surface area contributed by atoms with Crippen LogP contribution in [0.15, 0.2) is 34.7 Å². The fourth-order valence-corrected chi connectivity index (χ4v) is 2.68. The van der Waals surface area contributed by atoms with Crippen LogP contribution in [0.1, 0.15) is 18.4 Å². The second-order valence-electron chi connectivity index (χ2n) is 3.67. The molecule has 2 rings (SSSR count). The molecule has 0 spiro atoms. The van der Waals surface area contributed by atoms with Gasteiger partial charge >= 0.3 is 0 Å². The van der Waals surface area contributed by atoms with Gasteiger partial charge in [0.2, 0.25) is 11.0 Å². The second kappa shape index (κ2) is 4.94. The monoisotopic (exact) mass is 267 g/mol. The quantitative estimate of drug-likeness (QED) is 0.896. The fourth-order valence-electron chi connectivity index (χ4n) is 1.60. The predicted octanol–water partition coefficient (Wildman–Crippen LogP) is 3.08. The molecule has 1 unspecified atom stereocenters. The van der Waals surface area contributed by atoms with E-state index in [2.05, 4.69) is 5.32 Å². The normalized spacial score (nSPS) is 19.1. The molecule has 0 saturated carbocycles. The first kappa shape index (κ1) is 12.2. The zero-order valence-corrected chi connectivity index (χ0v) is 10.6. The number of nitrogens with one attached hydrogen (secondary N) is 1. The first-order chi connectivity index (χ1) is 8.06. The molecule has 0 aliphatic carbocycles. The van der Waals surface area contributed by atoms with Crippen molar-refractivity contribution in [3.05, 3.63) is 40.3 Å². The molecule has 0 fully saturated rings. The van der Waals surface area contributed by atoms with Gasteiger partial charge in [0.15, 0.2) is 0 Å². The standard InChI is InChI=1S/C12H10ClNO2S/c1-7(15)14-9-4-2-8(3-5-9)10-6-11(13)17-12(10)16/h2-6,10H,1H3,(H,14,15). The van der Waals surface area contributed by atoms with E-state index in [9.17, 15) is 9.59 Å². The smallest absolute Gasteiger partial charge is 0.221 e. The van der Waals surface area contributed by atoms with Gasteiger partial charge in [-0.05, 0) is 35.5 Å². The van der Waals surface area contributed by atoms with Crippen LogP contribution in [0.4, 0.5) is 5.69 Å². The molecule has 0 aromatic heterocycles. The molecule has 88 valence electrons. The summed E-state index contributed by atoms with van der Waals surface area (Å²) in [4.78, 5) is 22.5. The van der Waals surface area contributed by atoms with Crippen LogP contribution in [0.25, 0.3) is 0 Å². The Kier molecular flexibility index (Phi) is 3.54. The van der Waals surface area contributed by atoms with E-state index in [-0.39, 0.29) is 16.9 Å². The van der Waals surface area contributed by atoms with E-state index >= 15 is 0 Å². The van der Waals surface area contributed by atoms with Crippen molar-refractivity contribution in [2.75, 3.05) is 5.32 Å². The summed E-state index contributed by atoms with van der Waals surface area (Å²) in [5, 5.41) is 2.70. The summed E-state index contributed by atoms with van der Waals surface area (Å²) in [6.07, 6.45) is 1.74. The van der Waals surface area contributed by atoms with E-state index in [1.165, 1.54) is 6.92 Å². The molecule has 17 heavy (non-hydrogen) atoms. The van der Waals surface area contributed by atoms with Crippen molar-refractivity contribution in [3.63, 3.8) is 0 Å². The van der Waals surface area contributed by atoms with Crippen LogP contribution in [0.2, 0.25) is 0 Å². The summed E-state index contributed by atoms with van der Waals surface area (Å²) in [7, 11) is 0. The van der Waals surface area contributed by atoms with E-state index in [1.54, 1.807) is 18.2 Å². The predicted molar refractivity (Wildman–Crippen MR) is 70.0 cm³/mol.